The highest BCUT2D eigenvalue weighted by Crippen LogP contribution is 2.10. The molecule has 5 nitrogen and oxygen atoms in total. The highest BCUT2D eigenvalue weighted by molar-refractivity contribution is 8.13. The standard InChI is InChI=1S/C5H11N5S/c1-11-5-9-3(6)2-4(7)10(5)8/h2,4H,6-8H2,1H3. The molecule has 0 saturated heterocycles. The Labute approximate surface area is 69.3 Å². The van der Waals surface area contributed by atoms with Crippen molar-refractivity contribution >= 4 is 16.9 Å². The first-order chi connectivity index (χ1) is 5.15. The summed E-state index contributed by atoms with van der Waals surface area (Å²) in [5.74, 6) is 5.97. The summed E-state index contributed by atoms with van der Waals surface area (Å²) >= 11 is 1.41. The molecule has 0 fully saturated rings. The molecule has 0 saturated carbocycles. The number of hydrazine groups is 1. The molecule has 0 radical (unpaired) electrons. The van der Waals surface area contributed by atoms with Crippen LogP contribution in [0, 0.1) is 0 Å². The Hall–Kier alpha value is -0.720. The van der Waals surface area contributed by atoms with E-state index in [4.69, 9.17) is 17.3 Å². The van der Waals surface area contributed by atoms with Crippen LogP contribution in [0.25, 0.3) is 0 Å². The molecule has 0 aliphatic carbocycles. The maximum atomic E-state index is 5.58. The summed E-state index contributed by atoms with van der Waals surface area (Å²) in [6.07, 6.45) is 3.10. The van der Waals surface area contributed by atoms with Gasteiger partial charge >= 0.3 is 0 Å². The second kappa shape index (κ2) is 3.12. The Morgan fingerprint density at radius 2 is 2.36 bits per heavy atom. The third-order valence-electron chi connectivity index (χ3n) is 1.29. The molecule has 0 bridgehead atoms. The molecule has 1 atom stereocenters. The quantitative estimate of drug-likeness (QED) is 0.408. The van der Waals surface area contributed by atoms with E-state index < -0.39 is 0 Å². The predicted octanol–water partition coefficient (Wildman–Crippen LogP) is -1.02. The van der Waals surface area contributed by atoms with Crippen LogP contribution in [-0.2, 0) is 0 Å². The Kier molecular flexibility index (Phi) is 2.38. The molecule has 6 N–H and O–H groups in total. The molecule has 0 spiro atoms. The second-order valence-corrected chi connectivity index (χ2v) is 2.86. The van der Waals surface area contributed by atoms with Gasteiger partial charge in [-0.25, -0.2) is 10.8 Å². The first-order valence-corrected chi connectivity index (χ1v) is 4.27. The zero-order valence-corrected chi connectivity index (χ0v) is 7.01. The Bertz CT molecular complexity index is 211. The average Bonchev–Trinajstić information content (AvgIpc) is 1.96. The first-order valence-electron chi connectivity index (χ1n) is 3.04. The minimum absolute atomic E-state index is 0.366. The van der Waals surface area contributed by atoms with Gasteiger partial charge in [0.15, 0.2) is 5.17 Å². The fraction of sp³-hybridized carbons (Fsp3) is 0.400. The van der Waals surface area contributed by atoms with Gasteiger partial charge in [-0.2, -0.15) is 0 Å². The Balaban J connectivity index is 2.84. The minimum Gasteiger partial charge on any atom is -0.384 e. The summed E-state index contributed by atoms with van der Waals surface area (Å²) in [5.41, 5.74) is 11.0. The van der Waals surface area contributed by atoms with Crippen molar-refractivity contribution in [1.29, 1.82) is 0 Å². The van der Waals surface area contributed by atoms with Crippen LogP contribution in [0.1, 0.15) is 0 Å². The SMILES string of the molecule is CSC1=NC(N)=CC(N)N1N. The molecular formula is C5H11N5S. The van der Waals surface area contributed by atoms with Crippen LogP contribution in [0.15, 0.2) is 16.9 Å². The third kappa shape index (κ3) is 1.65. The van der Waals surface area contributed by atoms with Crippen LogP contribution in [0.3, 0.4) is 0 Å². The molecule has 0 aromatic carbocycles. The highest BCUT2D eigenvalue weighted by atomic mass is 32.2. The van der Waals surface area contributed by atoms with Crippen molar-refractivity contribution in [2.45, 2.75) is 6.17 Å². The number of thioether (sulfide) groups is 1. The predicted molar refractivity (Wildman–Crippen MR) is 47.2 cm³/mol. The largest absolute Gasteiger partial charge is 0.384 e. The van der Waals surface area contributed by atoms with E-state index in [2.05, 4.69) is 4.99 Å². The van der Waals surface area contributed by atoms with Crippen molar-refractivity contribution in [3.05, 3.63) is 11.9 Å². The summed E-state index contributed by atoms with van der Waals surface area (Å²) in [4.78, 5) is 3.97. The van der Waals surface area contributed by atoms with Crippen LogP contribution in [-0.4, -0.2) is 22.6 Å². The lowest BCUT2D eigenvalue weighted by Gasteiger charge is -2.26. The first kappa shape index (κ1) is 8.38. The molecule has 6 heteroatoms. The van der Waals surface area contributed by atoms with E-state index in [1.807, 2.05) is 6.26 Å². The van der Waals surface area contributed by atoms with Crippen LogP contribution in [0.4, 0.5) is 0 Å². The van der Waals surface area contributed by atoms with Gasteiger partial charge < -0.3 is 11.5 Å². The van der Waals surface area contributed by atoms with E-state index in [0.717, 1.165) is 0 Å². The summed E-state index contributed by atoms with van der Waals surface area (Å²) in [6.45, 7) is 0. The third-order valence-corrected chi connectivity index (χ3v) is 1.96. The maximum absolute atomic E-state index is 5.58. The Morgan fingerprint density at radius 3 is 2.91 bits per heavy atom. The number of hydrogen-bond donors (Lipinski definition) is 3. The average molecular weight is 173 g/mol. The van der Waals surface area contributed by atoms with E-state index in [9.17, 15) is 0 Å². The van der Waals surface area contributed by atoms with Gasteiger partial charge in [-0.1, -0.05) is 11.8 Å². The summed E-state index contributed by atoms with van der Waals surface area (Å²) in [5, 5.41) is 2.01. The molecule has 1 rings (SSSR count). The van der Waals surface area contributed by atoms with Crippen LogP contribution >= 0.6 is 11.8 Å². The van der Waals surface area contributed by atoms with E-state index in [1.54, 1.807) is 6.08 Å². The number of aliphatic imine (C=N–C) groups is 1. The van der Waals surface area contributed by atoms with E-state index in [-0.39, 0.29) is 6.17 Å². The molecule has 1 aliphatic heterocycles. The van der Waals surface area contributed by atoms with E-state index in [0.29, 0.717) is 11.0 Å². The van der Waals surface area contributed by atoms with Gasteiger partial charge in [0.1, 0.15) is 12.0 Å². The van der Waals surface area contributed by atoms with Crippen molar-refractivity contribution in [2.75, 3.05) is 6.26 Å². The molecule has 0 amide bonds. The van der Waals surface area contributed by atoms with Crippen molar-refractivity contribution < 1.29 is 0 Å². The zero-order valence-electron chi connectivity index (χ0n) is 6.19. The van der Waals surface area contributed by atoms with E-state index >= 15 is 0 Å². The number of rotatable bonds is 0. The number of hydrogen-bond acceptors (Lipinski definition) is 6. The molecule has 1 heterocycles. The minimum atomic E-state index is -0.366. The Morgan fingerprint density at radius 1 is 1.73 bits per heavy atom. The van der Waals surface area contributed by atoms with Crippen molar-refractivity contribution in [3.63, 3.8) is 0 Å². The second-order valence-electron chi connectivity index (χ2n) is 2.09. The van der Waals surface area contributed by atoms with Crippen LogP contribution in [0.5, 0.6) is 0 Å². The lowest BCUT2D eigenvalue weighted by atomic mass is 10.4. The highest BCUT2D eigenvalue weighted by Gasteiger charge is 2.17. The fourth-order valence-corrected chi connectivity index (χ4v) is 1.27. The lowest BCUT2D eigenvalue weighted by molar-refractivity contribution is 0.379. The number of nitrogens with two attached hydrogens (primary N) is 3. The zero-order chi connectivity index (χ0) is 8.43. The smallest absolute Gasteiger partial charge is 0.181 e. The van der Waals surface area contributed by atoms with Gasteiger partial charge in [-0.3, -0.25) is 5.01 Å². The topological polar surface area (TPSA) is 93.7 Å². The summed E-state index contributed by atoms with van der Waals surface area (Å²) in [7, 11) is 0. The van der Waals surface area contributed by atoms with Gasteiger partial charge in [0.25, 0.3) is 0 Å². The van der Waals surface area contributed by atoms with Gasteiger partial charge in [-0.15, -0.1) is 0 Å². The molecule has 0 aromatic heterocycles. The normalized spacial score (nSPS) is 24.6. The van der Waals surface area contributed by atoms with Gasteiger partial charge in [0.05, 0.1) is 0 Å². The summed E-state index contributed by atoms with van der Waals surface area (Å²) < 4.78 is 0. The molecule has 11 heavy (non-hydrogen) atoms. The molecule has 1 unspecified atom stereocenters. The summed E-state index contributed by atoms with van der Waals surface area (Å²) in [6, 6.07) is 0. The molecule has 0 aromatic rings. The molecule has 62 valence electrons. The van der Waals surface area contributed by atoms with Gasteiger partial charge in [0.2, 0.25) is 0 Å². The van der Waals surface area contributed by atoms with Crippen molar-refractivity contribution in [1.82, 2.24) is 5.01 Å². The molecular weight excluding hydrogens is 162 g/mol. The fourth-order valence-electron chi connectivity index (χ4n) is 0.739. The lowest BCUT2D eigenvalue weighted by Crippen LogP contribution is -2.50. The molecule has 1 aliphatic rings. The maximum Gasteiger partial charge on any atom is 0.181 e. The van der Waals surface area contributed by atoms with Gasteiger partial charge in [-0.05, 0) is 12.3 Å². The monoisotopic (exact) mass is 173 g/mol. The van der Waals surface area contributed by atoms with Crippen LogP contribution < -0.4 is 17.3 Å². The number of amidine groups is 1. The van der Waals surface area contributed by atoms with E-state index in [1.165, 1.54) is 16.8 Å². The van der Waals surface area contributed by atoms with Crippen LogP contribution in [0.2, 0.25) is 0 Å². The van der Waals surface area contributed by atoms with Crippen molar-refractivity contribution in [2.24, 2.45) is 22.3 Å². The van der Waals surface area contributed by atoms with Gasteiger partial charge in [0, 0.05) is 0 Å². The number of nitrogens with zero attached hydrogens (tertiary/aromatic N) is 2. The van der Waals surface area contributed by atoms with Crippen molar-refractivity contribution in [3.8, 4) is 0 Å².